The summed E-state index contributed by atoms with van der Waals surface area (Å²) in [4.78, 5) is 38.9. The second kappa shape index (κ2) is 9.07. The summed E-state index contributed by atoms with van der Waals surface area (Å²) in [6.45, 7) is 2.05. The zero-order valence-corrected chi connectivity index (χ0v) is 15.7. The zero-order valence-electron chi connectivity index (χ0n) is 14.9. The molecule has 3 amide bonds. The maximum absolute atomic E-state index is 12.4. The number of nitrogens with zero attached hydrogens (tertiary/aromatic N) is 1. The number of carbonyl (C=O) groups excluding carboxylic acids is 3. The van der Waals surface area contributed by atoms with Gasteiger partial charge in [-0.3, -0.25) is 14.4 Å². The van der Waals surface area contributed by atoms with Crippen molar-refractivity contribution in [1.29, 1.82) is 0 Å². The molecule has 1 saturated heterocycles. The van der Waals surface area contributed by atoms with E-state index in [4.69, 9.17) is 0 Å². The van der Waals surface area contributed by atoms with E-state index in [1.165, 1.54) is 0 Å². The Labute approximate surface area is 158 Å². The lowest BCUT2D eigenvalue weighted by atomic mass is 10.2. The third-order valence-corrected chi connectivity index (χ3v) is 5.74. The number of fused-ring (bicyclic) bond motifs is 1. The number of rotatable bonds is 5. The number of nitrogens with one attached hydrogen (secondary N) is 2. The Kier molecular flexibility index (Phi) is 6.55. The van der Waals surface area contributed by atoms with Gasteiger partial charge in [0.15, 0.2) is 0 Å². The Morgan fingerprint density at radius 1 is 1.19 bits per heavy atom. The van der Waals surface area contributed by atoms with Gasteiger partial charge < -0.3 is 15.5 Å². The predicted molar refractivity (Wildman–Crippen MR) is 102 cm³/mol. The predicted octanol–water partition coefficient (Wildman–Crippen LogP) is 2.64. The molecule has 2 heterocycles. The molecule has 0 spiro atoms. The second-order valence-corrected chi connectivity index (χ2v) is 7.80. The van der Waals surface area contributed by atoms with E-state index < -0.39 is 0 Å². The first-order valence-electron chi connectivity index (χ1n) is 9.26. The smallest absolute Gasteiger partial charge is 0.251 e. The molecule has 0 bridgehead atoms. The van der Waals surface area contributed by atoms with Gasteiger partial charge in [0, 0.05) is 48.7 Å². The highest BCUT2D eigenvalue weighted by molar-refractivity contribution is 7.99. The summed E-state index contributed by atoms with van der Waals surface area (Å²) in [5, 5.41) is 5.76. The van der Waals surface area contributed by atoms with Crippen LogP contribution in [0.25, 0.3) is 0 Å². The monoisotopic (exact) mass is 375 g/mol. The summed E-state index contributed by atoms with van der Waals surface area (Å²) < 4.78 is 0. The van der Waals surface area contributed by atoms with Crippen LogP contribution < -0.4 is 10.6 Å². The van der Waals surface area contributed by atoms with Crippen molar-refractivity contribution in [2.24, 2.45) is 0 Å². The molecule has 0 radical (unpaired) electrons. The summed E-state index contributed by atoms with van der Waals surface area (Å²) in [7, 11) is 0. The third-order valence-electron chi connectivity index (χ3n) is 4.66. The number of benzene rings is 1. The van der Waals surface area contributed by atoms with Crippen LogP contribution in [-0.2, 0) is 9.59 Å². The van der Waals surface area contributed by atoms with E-state index in [2.05, 4.69) is 10.6 Å². The Morgan fingerprint density at radius 3 is 2.96 bits per heavy atom. The van der Waals surface area contributed by atoms with Crippen molar-refractivity contribution in [1.82, 2.24) is 10.2 Å². The molecule has 1 aromatic carbocycles. The van der Waals surface area contributed by atoms with Gasteiger partial charge in [0.2, 0.25) is 11.8 Å². The zero-order chi connectivity index (χ0) is 18.4. The molecule has 0 saturated carbocycles. The van der Waals surface area contributed by atoms with E-state index in [0.717, 1.165) is 42.9 Å². The van der Waals surface area contributed by atoms with Gasteiger partial charge >= 0.3 is 0 Å². The van der Waals surface area contributed by atoms with Crippen LogP contribution in [0.2, 0.25) is 0 Å². The van der Waals surface area contributed by atoms with Crippen LogP contribution >= 0.6 is 11.8 Å². The van der Waals surface area contributed by atoms with Crippen LogP contribution in [0.5, 0.6) is 0 Å². The first-order valence-corrected chi connectivity index (χ1v) is 10.2. The van der Waals surface area contributed by atoms with Crippen molar-refractivity contribution in [3.63, 3.8) is 0 Å². The average Bonchev–Trinajstić information content (AvgIpc) is 2.95. The van der Waals surface area contributed by atoms with E-state index in [0.29, 0.717) is 37.2 Å². The fraction of sp³-hybridized carbons (Fsp3) is 0.526. The Bertz CT molecular complexity index is 693. The molecule has 0 atom stereocenters. The number of anilines is 1. The van der Waals surface area contributed by atoms with E-state index in [1.54, 1.807) is 23.9 Å². The lowest BCUT2D eigenvalue weighted by molar-refractivity contribution is -0.130. The molecule has 1 fully saturated rings. The third kappa shape index (κ3) is 5.00. The Balaban J connectivity index is 1.49. The number of hydrogen-bond donors (Lipinski definition) is 2. The minimum absolute atomic E-state index is 0.0177. The first-order chi connectivity index (χ1) is 12.6. The fourth-order valence-electron chi connectivity index (χ4n) is 3.21. The van der Waals surface area contributed by atoms with Crippen molar-refractivity contribution in [3.05, 3.63) is 23.8 Å². The summed E-state index contributed by atoms with van der Waals surface area (Å²) >= 11 is 1.62. The summed E-state index contributed by atoms with van der Waals surface area (Å²) in [6, 6.07) is 5.41. The Morgan fingerprint density at radius 2 is 2.08 bits per heavy atom. The highest BCUT2D eigenvalue weighted by Gasteiger charge is 2.17. The number of amides is 3. The normalized spacial score (nSPS) is 17.8. The van der Waals surface area contributed by atoms with Gasteiger partial charge in [0.25, 0.3) is 5.91 Å². The molecule has 3 rings (SSSR count). The molecule has 0 aromatic heterocycles. The molecular weight excluding hydrogens is 350 g/mol. The molecule has 26 heavy (non-hydrogen) atoms. The number of carbonyl (C=O) groups is 3. The van der Waals surface area contributed by atoms with Crippen LogP contribution in [0.15, 0.2) is 23.1 Å². The maximum atomic E-state index is 12.4. The first kappa shape index (κ1) is 18.8. The minimum Gasteiger partial charge on any atom is -0.352 e. The van der Waals surface area contributed by atoms with Gasteiger partial charge in [-0.25, -0.2) is 0 Å². The molecule has 0 unspecified atom stereocenters. The summed E-state index contributed by atoms with van der Waals surface area (Å²) in [6.07, 6.45) is 5.04. The van der Waals surface area contributed by atoms with E-state index in [-0.39, 0.29) is 17.7 Å². The van der Waals surface area contributed by atoms with Crippen LogP contribution in [0.1, 0.15) is 48.9 Å². The lowest BCUT2D eigenvalue weighted by Crippen LogP contribution is -2.34. The van der Waals surface area contributed by atoms with Crippen LogP contribution in [0.3, 0.4) is 0 Å². The van der Waals surface area contributed by atoms with Gasteiger partial charge in [-0.15, -0.1) is 11.8 Å². The number of likely N-dealkylation sites (tertiary alicyclic amines) is 1. The van der Waals surface area contributed by atoms with Crippen LogP contribution in [0, 0.1) is 0 Å². The van der Waals surface area contributed by atoms with Crippen LogP contribution in [-0.4, -0.2) is 48.0 Å². The lowest BCUT2D eigenvalue weighted by Gasteiger charge is -2.20. The molecule has 7 heteroatoms. The van der Waals surface area contributed by atoms with Gasteiger partial charge in [0.1, 0.15) is 0 Å². The molecule has 140 valence electrons. The maximum Gasteiger partial charge on any atom is 0.251 e. The van der Waals surface area contributed by atoms with Crippen molar-refractivity contribution in [2.45, 2.75) is 43.4 Å². The average molecular weight is 375 g/mol. The van der Waals surface area contributed by atoms with Gasteiger partial charge in [-0.2, -0.15) is 0 Å². The SMILES string of the molecule is O=C1CCSc2ccc(C(=O)NCCCN3CCCCCC3=O)cc2N1. The largest absolute Gasteiger partial charge is 0.352 e. The Hall–Kier alpha value is -2.02. The molecule has 2 aliphatic heterocycles. The van der Waals surface area contributed by atoms with E-state index >= 15 is 0 Å². The van der Waals surface area contributed by atoms with Crippen molar-refractivity contribution < 1.29 is 14.4 Å². The molecule has 2 N–H and O–H groups in total. The molecule has 1 aromatic rings. The highest BCUT2D eigenvalue weighted by atomic mass is 32.2. The van der Waals surface area contributed by atoms with E-state index in [1.807, 2.05) is 11.0 Å². The molecule has 6 nitrogen and oxygen atoms in total. The molecule has 2 aliphatic rings. The fourth-order valence-corrected chi connectivity index (χ4v) is 4.15. The van der Waals surface area contributed by atoms with E-state index in [9.17, 15) is 14.4 Å². The number of thioether (sulfide) groups is 1. The second-order valence-electron chi connectivity index (χ2n) is 6.66. The van der Waals surface area contributed by atoms with Gasteiger partial charge in [-0.05, 0) is 37.5 Å². The topological polar surface area (TPSA) is 78.5 Å². The van der Waals surface area contributed by atoms with Gasteiger partial charge in [0.05, 0.1) is 5.69 Å². The summed E-state index contributed by atoms with van der Waals surface area (Å²) in [5.41, 5.74) is 1.25. The van der Waals surface area contributed by atoms with Crippen LogP contribution in [0.4, 0.5) is 5.69 Å². The minimum atomic E-state index is -0.154. The highest BCUT2D eigenvalue weighted by Crippen LogP contribution is 2.31. The number of hydrogen-bond acceptors (Lipinski definition) is 4. The molecule has 0 aliphatic carbocycles. The standard InChI is InChI=1S/C19H25N3O3S/c23-17-8-12-26-16-7-6-14(13-15(16)21-17)19(25)20-9-4-11-22-10-3-1-2-5-18(22)24/h6-7,13H,1-5,8-12H2,(H,20,25)(H,21,23). The quantitative estimate of drug-likeness (QED) is 0.776. The van der Waals surface area contributed by atoms with Crippen molar-refractivity contribution in [3.8, 4) is 0 Å². The molecular formula is C19H25N3O3S. The van der Waals surface area contributed by atoms with Gasteiger partial charge in [-0.1, -0.05) is 6.42 Å². The van der Waals surface area contributed by atoms with Crippen molar-refractivity contribution >= 4 is 35.2 Å². The summed E-state index contributed by atoms with van der Waals surface area (Å²) in [5.74, 6) is 0.807. The van der Waals surface area contributed by atoms with Crippen molar-refractivity contribution in [2.75, 3.05) is 30.7 Å².